The van der Waals surface area contributed by atoms with Gasteiger partial charge < -0.3 is 15.5 Å². The van der Waals surface area contributed by atoms with E-state index in [2.05, 4.69) is 5.32 Å². The number of nitrogens with one attached hydrogen (secondary N) is 1. The number of carboxylic acids is 1. The summed E-state index contributed by atoms with van der Waals surface area (Å²) in [7, 11) is 0. The molecule has 0 aliphatic rings. The molecule has 0 aromatic heterocycles. The van der Waals surface area contributed by atoms with Crippen LogP contribution in [0.3, 0.4) is 0 Å². The summed E-state index contributed by atoms with van der Waals surface area (Å²) in [6.45, 7) is 2.59. The minimum Gasteiger partial charge on any atom is -0.480 e. The zero-order valence-corrected chi connectivity index (χ0v) is 6.37. The van der Waals surface area contributed by atoms with E-state index in [0.29, 0.717) is 0 Å². The lowest BCUT2D eigenvalue weighted by molar-refractivity contribution is -0.142. The van der Waals surface area contributed by atoms with Crippen molar-refractivity contribution < 1.29 is 19.8 Å². The van der Waals surface area contributed by atoms with Crippen molar-refractivity contribution in [2.75, 3.05) is 0 Å². The number of carbonyl (C=O) groups excluding carboxylic acids is 1. The topological polar surface area (TPSA) is 86.6 Å². The summed E-state index contributed by atoms with van der Waals surface area (Å²) >= 11 is 0. The SMILES string of the molecule is CC(O)C(=O)N[C@@H](C)C(=O)O. The van der Waals surface area contributed by atoms with Gasteiger partial charge in [0.2, 0.25) is 5.91 Å². The highest BCUT2D eigenvalue weighted by Crippen LogP contribution is 1.84. The summed E-state index contributed by atoms with van der Waals surface area (Å²) in [6.07, 6.45) is -1.17. The van der Waals surface area contributed by atoms with Crippen LogP contribution in [0.1, 0.15) is 13.8 Å². The first-order valence-corrected chi connectivity index (χ1v) is 3.16. The second-order valence-electron chi connectivity index (χ2n) is 2.24. The third-order valence-electron chi connectivity index (χ3n) is 1.11. The first-order valence-electron chi connectivity index (χ1n) is 3.16. The smallest absolute Gasteiger partial charge is 0.325 e. The number of hydrogen-bond acceptors (Lipinski definition) is 3. The van der Waals surface area contributed by atoms with Crippen LogP contribution in [0.5, 0.6) is 0 Å². The van der Waals surface area contributed by atoms with Crippen molar-refractivity contribution in [3.8, 4) is 0 Å². The van der Waals surface area contributed by atoms with Gasteiger partial charge in [0.25, 0.3) is 0 Å². The predicted octanol–water partition coefficient (Wildman–Crippen LogP) is -1.04. The van der Waals surface area contributed by atoms with Gasteiger partial charge in [0.15, 0.2) is 0 Å². The Labute approximate surface area is 64.0 Å². The van der Waals surface area contributed by atoms with Gasteiger partial charge in [0, 0.05) is 0 Å². The van der Waals surface area contributed by atoms with Crippen LogP contribution in [-0.4, -0.2) is 34.2 Å². The maximum absolute atomic E-state index is 10.6. The van der Waals surface area contributed by atoms with E-state index in [-0.39, 0.29) is 0 Å². The monoisotopic (exact) mass is 161 g/mol. The molecule has 2 atom stereocenters. The van der Waals surface area contributed by atoms with E-state index in [1.165, 1.54) is 13.8 Å². The summed E-state index contributed by atoms with van der Waals surface area (Å²) in [5.41, 5.74) is 0. The quantitative estimate of drug-likeness (QED) is 0.493. The molecular formula is C6H11NO4. The molecule has 0 saturated carbocycles. The number of carboxylic acid groups (broad SMARTS) is 1. The van der Waals surface area contributed by atoms with E-state index in [4.69, 9.17) is 10.2 Å². The summed E-state index contributed by atoms with van der Waals surface area (Å²) < 4.78 is 0. The van der Waals surface area contributed by atoms with Crippen LogP contribution in [0.15, 0.2) is 0 Å². The molecule has 0 bridgehead atoms. The van der Waals surface area contributed by atoms with E-state index in [1.54, 1.807) is 0 Å². The van der Waals surface area contributed by atoms with Gasteiger partial charge in [-0.25, -0.2) is 0 Å². The molecule has 0 spiro atoms. The Hall–Kier alpha value is -1.10. The summed E-state index contributed by atoms with van der Waals surface area (Å²) in [4.78, 5) is 20.8. The Kier molecular flexibility index (Phi) is 3.53. The van der Waals surface area contributed by atoms with Crippen molar-refractivity contribution in [1.82, 2.24) is 5.32 Å². The van der Waals surface area contributed by atoms with Crippen molar-refractivity contribution >= 4 is 11.9 Å². The van der Waals surface area contributed by atoms with Gasteiger partial charge in [-0.2, -0.15) is 0 Å². The highest BCUT2D eigenvalue weighted by molar-refractivity contribution is 5.85. The molecule has 0 aromatic rings. The fraction of sp³-hybridized carbons (Fsp3) is 0.667. The Morgan fingerprint density at radius 2 is 1.82 bits per heavy atom. The van der Waals surface area contributed by atoms with Crippen molar-refractivity contribution in [3.05, 3.63) is 0 Å². The van der Waals surface area contributed by atoms with Crippen LogP contribution in [0, 0.1) is 0 Å². The van der Waals surface area contributed by atoms with Gasteiger partial charge >= 0.3 is 5.97 Å². The van der Waals surface area contributed by atoms with Gasteiger partial charge in [-0.05, 0) is 13.8 Å². The van der Waals surface area contributed by atoms with Gasteiger partial charge in [0.1, 0.15) is 12.1 Å². The van der Waals surface area contributed by atoms with Gasteiger partial charge in [-0.1, -0.05) is 0 Å². The Bertz CT molecular complexity index is 166. The molecule has 64 valence electrons. The largest absolute Gasteiger partial charge is 0.480 e. The molecule has 0 radical (unpaired) electrons. The minimum atomic E-state index is -1.17. The van der Waals surface area contributed by atoms with Crippen LogP contribution in [0.25, 0.3) is 0 Å². The molecule has 0 aromatic carbocycles. The molecule has 1 amide bonds. The molecular weight excluding hydrogens is 150 g/mol. The highest BCUT2D eigenvalue weighted by Gasteiger charge is 2.16. The van der Waals surface area contributed by atoms with Gasteiger partial charge in [-0.15, -0.1) is 0 Å². The maximum Gasteiger partial charge on any atom is 0.325 e. The zero-order chi connectivity index (χ0) is 9.02. The standard InChI is InChI=1S/C6H11NO4/c1-3(6(10)11)7-5(9)4(2)8/h3-4,8H,1-2H3,(H,7,9)(H,10,11)/t3-,4?/m0/s1. The Morgan fingerprint density at radius 3 is 2.09 bits per heavy atom. The maximum atomic E-state index is 10.6. The first-order chi connectivity index (χ1) is 4.95. The Morgan fingerprint density at radius 1 is 1.36 bits per heavy atom. The number of aliphatic hydroxyl groups excluding tert-OH is 1. The average molecular weight is 161 g/mol. The van der Waals surface area contributed by atoms with E-state index >= 15 is 0 Å². The van der Waals surface area contributed by atoms with Crippen LogP contribution in [-0.2, 0) is 9.59 Å². The number of amides is 1. The van der Waals surface area contributed by atoms with Crippen LogP contribution in [0.2, 0.25) is 0 Å². The van der Waals surface area contributed by atoms with Crippen molar-refractivity contribution in [3.63, 3.8) is 0 Å². The molecule has 0 saturated heterocycles. The predicted molar refractivity (Wildman–Crippen MR) is 36.9 cm³/mol. The molecule has 11 heavy (non-hydrogen) atoms. The summed E-state index contributed by atoms with van der Waals surface area (Å²) in [5.74, 6) is -1.81. The zero-order valence-electron chi connectivity index (χ0n) is 6.37. The molecule has 0 aliphatic carbocycles. The van der Waals surface area contributed by atoms with Crippen LogP contribution in [0.4, 0.5) is 0 Å². The molecule has 3 N–H and O–H groups in total. The van der Waals surface area contributed by atoms with E-state index in [1.807, 2.05) is 0 Å². The van der Waals surface area contributed by atoms with Gasteiger partial charge in [-0.3, -0.25) is 9.59 Å². The normalized spacial score (nSPS) is 15.2. The molecule has 0 heterocycles. The van der Waals surface area contributed by atoms with Crippen molar-refractivity contribution in [1.29, 1.82) is 0 Å². The van der Waals surface area contributed by atoms with Gasteiger partial charge in [0.05, 0.1) is 0 Å². The fourth-order valence-corrected chi connectivity index (χ4v) is 0.396. The summed E-state index contributed by atoms with van der Waals surface area (Å²) in [6, 6.07) is -0.961. The first kappa shape index (κ1) is 9.90. The number of carbonyl (C=O) groups is 2. The number of hydrogen-bond donors (Lipinski definition) is 3. The lowest BCUT2D eigenvalue weighted by Gasteiger charge is -2.09. The lowest BCUT2D eigenvalue weighted by atomic mass is 10.3. The third-order valence-corrected chi connectivity index (χ3v) is 1.11. The lowest BCUT2D eigenvalue weighted by Crippen LogP contribution is -2.42. The average Bonchev–Trinajstić information content (AvgIpc) is 1.87. The number of aliphatic carboxylic acids is 1. The Balaban J connectivity index is 3.85. The molecule has 0 fully saturated rings. The van der Waals surface area contributed by atoms with Crippen molar-refractivity contribution in [2.45, 2.75) is 26.0 Å². The molecule has 5 nitrogen and oxygen atoms in total. The molecule has 1 unspecified atom stereocenters. The van der Waals surface area contributed by atoms with E-state index in [9.17, 15) is 9.59 Å². The number of rotatable bonds is 3. The second kappa shape index (κ2) is 3.92. The van der Waals surface area contributed by atoms with Crippen LogP contribution >= 0.6 is 0 Å². The summed E-state index contributed by atoms with van der Waals surface area (Å²) in [5, 5.41) is 19.1. The van der Waals surface area contributed by atoms with E-state index < -0.39 is 24.0 Å². The fourth-order valence-electron chi connectivity index (χ4n) is 0.396. The second-order valence-corrected chi connectivity index (χ2v) is 2.24. The van der Waals surface area contributed by atoms with E-state index in [0.717, 1.165) is 0 Å². The van der Waals surface area contributed by atoms with Crippen molar-refractivity contribution in [2.24, 2.45) is 0 Å². The minimum absolute atomic E-state index is 0.681. The van der Waals surface area contributed by atoms with Crippen LogP contribution < -0.4 is 5.32 Å². The molecule has 0 rings (SSSR count). The number of aliphatic hydroxyl groups is 1. The molecule has 0 aliphatic heterocycles. The third kappa shape index (κ3) is 3.57. The highest BCUT2D eigenvalue weighted by atomic mass is 16.4. The molecule has 5 heteroatoms.